The van der Waals surface area contributed by atoms with Crippen LogP contribution in [0.15, 0.2) is 132 Å². The fourth-order valence-corrected chi connectivity index (χ4v) is 5.05. The second-order valence-corrected chi connectivity index (χ2v) is 10.3. The van der Waals surface area contributed by atoms with E-state index in [1.54, 1.807) is 31.5 Å². The number of carbonyl (C=O) groups excluding carboxylic acids is 1. The van der Waals surface area contributed by atoms with Crippen molar-refractivity contribution < 1.29 is 9.32 Å². The average molecular weight is 615 g/mol. The van der Waals surface area contributed by atoms with Crippen molar-refractivity contribution in [3.63, 3.8) is 0 Å². The Bertz CT molecular complexity index is 2140. The van der Waals surface area contributed by atoms with E-state index in [9.17, 15) is 10.1 Å². The van der Waals surface area contributed by atoms with Gasteiger partial charge in [-0.05, 0) is 30.2 Å². The van der Waals surface area contributed by atoms with E-state index in [0.29, 0.717) is 45.4 Å². The first-order valence-electron chi connectivity index (χ1n) is 14.5. The number of carbonyl (C=O) groups is 1. The van der Waals surface area contributed by atoms with Crippen LogP contribution >= 0.6 is 0 Å². The lowest BCUT2D eigenvalue weighted by Gasteiger charge is -2.11. The summed E-state index contributed by atoms with van der Waals surface area (Å²) in [4.78, 5) is 16.3. The first-order chi connectivity index (χ1) is 23.0. The molecule has 10 heteroatoms. The van der Waals surface area contributed by atoms with Gasteiger partial charge in [0.15, 0.2) is 5.82 Å². The molecule has 226 valence electrons. The Morgan fingerprint density at radius 1 is 0.702 bits per heavy atom. The third-order valence-corrected chi connectivity index (χ3v) is 7.17. The van der Waals surface area contributed by atoms with Crippen LogP contribution in [0, 0.1) is 18.3 Å². The van der Waals surface area contributed by atoms with Crippen LogP contribution in [0.4, 0.5) is 0 Å². The molecule has 10 nitrogen and oxygen atoms in total. The van der Waals surface area contributed by atoms with Crippen LogP contribution in [0.3, 0.4) is 0 Å². The first kappa shape index (κ1) is 30.2. The van der Waals surface area contributed by atoms with Crippen LogP contribution in [0.5, 0.6) is 0 Å². The standard InChI is InChI=1S/C20H13N5O.C17H13N3O/c1-13-23-20(26-25-13)18-17(16-9-5-6-14(10-16)11-21)12-22-24-19(18)15-7-3-2-4-8-15;18-17(21)15-14(12-7-3-1-4-8-12)11-19-20-16(15)13-9-5-2-6-10-13/h2-10,12H,1H3;1-11H,(H2,18,21). The summed E-state index contributed by atoms with van der Waals surface area (Å²) in [6.07, 6.45) is 3.22. The Labute approximate surface area is 270 Å². The molecular weight excluding hydrogens is 588 g/mol. The second kappa shape index (κ2) is 13.8. The monoisotopic (exact) mass is 614 g/mol. The van der Waals surface area contributed by atoms with Gasteiger partial charge in [-0.1, -0.05) is 108 Å². The molecule has 1 amide bonds. The van der Waals surface area contributed by atoms with E-state index >= 15 is 0 Å². The van der Waals surface area contributed by atoms with Crippen molar-refractivity contribution in [1.82, 2.24) is 30.5 Å². The fraction of sp³-hybridized carbons (Fsp3) is 0.0270. The van der Waals surface area contributed by atoms with Crippen molar-refractivity contribution in [2.45, 2.75) is 6.92 Å². The van der Waals surface area contributed by atoms with E-state index in [1.807, 2.05) is 103 Å². The Morgan fingerprint density at radius 3 is 1.83 bits per heavy atom. The van der Waals surface area contributed by atoms with E-state index in [4.69, 9.17) is 10.3 Å². The van der Waals surface area contributed by atoms with E-state index in [0.717, 1.165) is 27.8 Å². The number of benzene rings is 4. The average Bonchev–Trinajstić information content (AvgIpc) is 3.58. The minimum Gasteiger partial charge on any atom is -0.366 e. The zero-order chi connectivity index (χ0) is 32.6. The van der Waals surface area contributed by atoms with Crippen LogP contribution in [0.2, 0.25) is 0 Å². The molecule has 2 N–H and O–H groups in total. The lowest BCUT2D eigenvalue weighted by atomic mass is 9.96. The molecular formula is C37H26N8O2. The van der Waals surface area contributed by atoms with Gasteiger partial charge in [0, 0.05) is 22.3 Å². The molecule has 0 radical (unpaired) electrons. The van der Waals surface area contributed by atoms with Gasteiger partial charge in [0.2, 0.25) is 0 Å². The van der Waals surface area contributed by atoms with Gasteiger partial charge < -0.3 is 10.3 Å². The van der Waals surface area contributed by atoms with E-state index in [2.05, 4.69) is 36.6 Å². The minimum absolute atomic E-state index is 0.369. The third-order valence-electron chi connectivity index (χ3n) is 7.17. The van der Waals surface area contributed by atoms with Crippen molar-refractivity contribution in [2.75, 3.05) is 0 Å². The van der Waals surface area contributed by atoms with Crippen molar-refractivity contribution in [1.29, 1.82) is 5.26 Å². The summed E-state index contributed by atoms with van der Waals surface area (Å²) in [6, 6.07) is 38.2. The summed E-state index contributed by atoms with van der Waals surface area (Å²) in [5.74, 6) is 0.392. The normalized spacial score (nSPS) is 10.4. The summed E-state index contributed by atoms with van der Waals surface area (Å²) >= 11 is 0. The number of hydrogen-bond donors (Lipinski definition) is 1. The predicted molar refractivity (Wildman–Crippen MR) is 177 cm³/mol. The number of nitriles is 1. The number of amides is 1. The number of nitrogens with zero attached hydrogens (tertiary/aromatic N) is 7. The predicted octanol–water partition coefficient (Wildman–Crippen LogP) is 6.95. The Balaban J connectivity index is 0.000000168. The van der Waals surface area contributed by atoms with Crippen molar-refractivity contribution in [2.24, 2.45) is 5.73 Å². The van der Waals surface area contributed by atoms with Crippen molar-refractivity contribution in [3.05, 3.63) is 145 Å². The molecule has 7 rings (SSSR count). The quantitative estimate of drug-likeness (QED) is 0.209. The molecule has 0 atom stereocenters. The van der Waals surface area contributed by atoms with Crippen LogP contribution < -0.4 is 5.73 Å². The van der Waals surface area contributed by atoms with Gasteiger partial charge in [-0.25, -0.2) is 0 Å². The molecule has 3 heterocycles. The maximum Gasteiger partial charge on any atom is 0.260 e. The summed E-state index contributed by atoms with van der Waals surface area (Å²) in [6.45, 7) is 1.76. The summed E-state index contributed by atoms with van der Waals surface area (Å²) < 4.78 is 5.44. The molecule has 0 aliphatic rings. The zero-order valence-electron chi connectivity index (χ0n) is 25.1. The van der Waals surface area contributed by atoms with Crippen LogP contribution in [0.25, 0.3) is 56.2 Å². The minimum atomic E-state index is -0.511. The van der Waals surface area contributed by atoms with Crippen LogP contribution in [0.1, 0.15) is 21.7 Å². The fourth-order valence-electron chi connectivity index (χ4n) is 5.05. The zero-order valence-corrected chi connectivity index (χ0v) is 25.1. The van der Waals surface area contributed by atoms with Crippen LogP contribution in [-0.2, 0) is 0 Å². The number of aryl methyl sites for hydroxylation is 1. The molecule has 0 aliphatic heterocycles. The number of nitrogens with two attached hydrogens (primary N) is 1. The Hall–Kier alpha value is -6.86. The molecule has 0 unspecified atom stereocenters. The first-order valence-corrected chi connectivity index (χ1v) is 14.5. The molecule has 0 spiro atoms. The molecule has 0 fully saturated rings. The Morgan fingerprint density at radius 2 is 1.26 bits per heavy atom. The highest BCUT2D eigenvalue weighted by molar-refractivity contribution is 6.04. The molecule has 0 bridgehead atoms. The summed E-state index contributed by atoms with van der Waals surface area (Å²) in [5.41, 5.74) is 13.3. The second-order valence-electron chi connectivity index (χ2n) is 10.3. The van der Waals surface area contributed by atoms with Gasteiger partial charge in [0.25, 0.3) is 11.8 Å². The molecule has 0 saturated carbocycles. The smallest absolute Gasteiger partial charge is 0.260 e. The molecule has 47 heavy (non-hydrogen) atoms. The summed E-state index contributed by atoms with van der Waals surface area (Å²) in [5, 5.41) is 29.7. The number of aromatic nitrogens is 6. The third kappa shape index (κ3) is 6.64. The number of rotatable bonds is 6. The van der Waals surface area contributed by atoms with Gasteiger partial charge in [-0.15, -0.1) is 10.2 Å². The molecule has 3 aromatic heterocycles. The van der Waals surface area contributed by atoms with E-state index in [-0.39, 0.29) is 0 Å². The van der Waals surface area contributed by atoms with Crippen LogP contribution in [-0.4, -0.2) is 36.4 Å². The van der Waals surface area contributed by atoms with Crippen molar-refractivity contribution in [3.8, 4) is 62.3 Å². The topological polar surface area (TPSA) is 157 Å². The number of hydrogen-bond acceptors (Lipinski definition) is 9. The molecule has 0 saturated heterocycles. The highest BCUT2D eigenvalue weighted by Gasteiger charge is 2.21. The number of primary amides is 1. The maximum absolute atomic E-state index is 11.9. The molecule has 7 aromatic rings. The molecule has 0 aliphatic carbocycles. The van der Waals surface area contributed by atoms with Gasteiger partial charge in [-0.3, -0.25) is 4.79 Å². The largest absolute Gasteiger partial charge is 0.366 e. The van der Waals surface area contributed by atoms with Gasteiger partial charge >= 0.3 is 0 Å². The maximum atomic E-state index is 11.9. The van der Waals surface area contributed by atoms with Crippen molar-refractivity contribution >= 4 is 5.91 Å². The highest BCUT2D eigenvalue weighted by atomic mass is 16.5. The highest BCUT2D eigenvalue weighted by Crippen LogP contribution is 2.37. The lowest BCUT2D eigenvalue weighted by Crippen LogP contribution is -2.15. The van der Waals surface area contributed by atoms with Gasteiger partial charge in [-0.2, -0.15) is 20.4 Å². The van der Waals surface area contributed by atoms with E-state index in [1.165, 1.54) is 0 Å². The van der Waals surface area contributed by atoms with E-state index < -0.39 is 5.91 Å². The Kier molecular flexibility index (Phi) is 8.89. The summed E-state index contributed by atoms with van der Waals surface area (Å²) in [7, 11) is 0. The van der Waals surface area contributed by atoms with Gasteiger partial charge in [0.05, 0.1) is 35.2 Å². The molecule has 4 aromatic carbocycles. The van der Waals surface area contributed by atoms with Gasteiger partial charge in [0.1, 0.15) is 11.4 Å². The lowest BCUT2D eigenvalue weighted by molar-refractivity contribution is 0.100. The SMILES string of the molecule is Cc1noc(-c2c(-c3cccc(C#N)c3)cnnc2-c2ccccc2)n1.NC(=O)c1c(-c2ccccc2)cnnc1-c1ccccc1.